The van der Waals surface area contributed by atoms with E-state index in [0.29, 0.717) is 0 Å². The van der Waals surface area contributed by atoms with Gasteiger partial charge in [0.2, 0.25) is 0 Å². The molecule has 1 aliphatic carbocycles. The van der Waals surface area contributed by atoms with Gasteiger partial charge in [0, 0.05) is 43.1 Å². The zero-order valence-electron chi connectivity index (χ0n) is 17.1. The molecule has 0 bridgehead atoms. The lowest BCUT2D eigenvalue weighted by Crippen LogP contribution is -2.46. The molecule has 4 nitrogen and oxygen atoms in total. The van der Waals surface area contributed by atoms with E-state index in [1.54, 1.807) is 0 Å². The Kier molecular flexibility index (Phi) is 5.67. The third kappa shape index (κ3) is 4.07. The number of likely N-dealkylation sites (N-methyl/N-ethyl adjacent to an activating group) is 1. The Balaban J connectivity index is 1.44. The molecule has 148 valence electrons. The third-order valence-electron chi connectivity index (χ3n) is 6.23. The first-order valence-electron chi connectivity index (χ1n) is 10.6. The number of anilines is 2. The van der Waals surface area contributed by atoms with Crippen molar-refractivity contribution in [2.24, 2.45) is 0 Å². The van der Waals surface area contributed by atoms with Crippen LogP contribution in [0.3, 0.4) is 0 Å². The van der Waals surface area contributed by atoms with Crippen molar-refractivity contribution in [3.05, 3.63) is 58.7 Å². The third-order valence-corrected chi connectivity index (χ3v) is 6.23. The minimum absolute atomic E-state index is 0.0166. The molecule has 0 aromatic heterocycles. The molecule has 1 N–H and O–H groups in total. The van der Waals surface area contributed by atoms with Crippen molar-refractivity contribution >= 4 is 17.3 Å². The molecule has 0 unspecified atom stereocenters. The van der Waals surface area contributed by atoms with Crippen molar-refractivity contribution in [2.75, 3.05) is 42.9 Å². The summed E-state index contributed by atoms with van der Waals surface area (Å²) in [5.74, 6) is -0.0166. The second kappa shape index (κ2) is 8.36. The van der Waals surface area contributed by atoms with Crippen LogP contribution in [-0.2, 0) is 12.8 Å². The Morgan fingerprint density at radius 2 is 1.71 bits per heavy atom. The Hall–Kier alpha value is -2.33. The molecule has 2 aromatic rings. The molecule has 0 radical (unpaired) electrons. The molecule has 4 heteroatoms. The van der Waals surface area contributed by atoms with Crippen molar-refractivity contribution in [1.82, 2.24) is 4.90 Å². The fourth-order valence-corrected chi connectivity index (χ4v) is 4.47. The number of rotatable bonds is 4. The van der Waals surface area contributed by atoms with Crippen LogP contribution in [-0.4, -0.2) is 43.5 Å². The summed E-state index contributed by atoms with van der Waals surface area (Å²) in [7, 11) is 0. The lowest BCUT2D eigenvalue weighted by molar-refractivity contribution is 0.102. The average molecular weight is 378 g/mol. The maximum atomic E-state index is 12.7. The molecule has 2 aromatic carbocycles. The normalized spacial score (nSPS) is 17.3. The highest BCUT2D eigenvalue weighted by molar-refractivity contribution is 6.04. The van der Waals surface area contributed by atoms with Crippen LogP contribution in [0.5, 0.6) is 0 Å². The quantitative estimate of drug-likeness (QED) is 0.864. The number of carbonyl (C=O) groups is 1. The van der Waals surface area contributed by atoms with E-state index in [4.69, 9.17) is 0 Å². The maximum absolute atomic E-state index is 12.7. The van der Waals surface area contributed by atoms with Gasteiger partial charge in [-0.1, -0.05) is 13.0 Å². The van der Waals surface area contributed by atoms with Crippen LogP contribution in [0.15, 0.2) is 36.4 Å². The number of benzene rings is 2. The first-order valence-corrected chi connectivity index (χ1v) is 10.6. The second-order valence-electron chi connectivity index (χ2n) is 8.07. The monoisotopic (exact) mass is 377 g/mol. The van der Waals surface area contributed by atoms with Crippen molar-refractivity contribution in [2.45, 2.75) is 39.5 Å². The van der Waals surface area contributed by atoms with E-state index in [0.717, 1.165) is 56.8 Å². The van der Waals surface area contributed by atoms with Gasteiger partial charge < -0.3 is 15.1 Å². The lowest BCUT2D eigenvalue weighted by atomic mass is 9.90. The largest absolute Gasteiger partial charge is 0.369 e. The number of nitrogens with zero attached hydrogens (tertiary/aromatic N) is 2. The van der Waals surface area contributed by atoms with Gasteiger partial charge in [-0.15, -0.1) is 0 Å². The molecule has 2 aliphatic rings. The summed E-state index contributed by atoms with van der Waals surface area (Å²) in [5, 5.41) is 3.09. The standard InChI is InChI=1S/C24H31N3O/c1-3-26-12-14-27(15-13-26)23-11-10-22(16-18(23)2)25-24(28)21-9-8-19-6-4-5-7-20(19)17-21/h8-11,16-17H,3-7,12-15H2,1-2H3,(H,25,28). The Morgan fingerprint density at radius 1 is 0.964 bits per heavy atom. The minimum Gasteiger partial charge on any atom is -0.369 e. The smallest absolute Gasteiger partial charge is 0.255 e. The number of nitrogens with one attached hydrogen (secondary N) is 1. The van der Waals surface area contributed by atoms with Gasteiger partial charge in [-0.25, -0.2) is 0 Å². The maximum Gasteiger partial charge on any atom is 0.255 e. The van der Waals surface area contributed by atoms with Gasteiger partial charge in [0.1, 0.15) is 0 Å². The summed E-state index contributed by atoms with van der Waals surface area (Å²) < 4.78 is 0. The van der Waals surface area contributed by atoms with Gasteiger partial charge in [-0.05, 0) is 86.2 Å². The number of hydrogen-bond donors (Lipinski definition) is 1. The number of fused-ring (bicyclic) bond motifs is 1. The molecule has 0 atom stereocenters. The predicted octanol–water partition coefficient (Wildman–Crippen LogP) is 4.27. The Morgan fingerprint density at radius 3 is 2.43 bits per heavy atom. The number of hydrogen-bond acceptors (Lipinski definition) is 3. The van der Waals surface area contributed by atoms with Gasteiger partial charge in [-0.2, -0.15) is 0 Å². The topological polar surface area (TPSA) is 35.6 Å². The van der Waals surface area contributed by atoms with Crippen LogP contribution in [0.25, 0.3) is 0 Å². The lowest BCUT2D eigenvalue weighted by Gasteiger charge is -2.36. The predicted molar refractivity (Wildman–Crippen MR) is 117 cm³/mol. The van der Waals surface area contributed by atoms with E-state index in [2.05, 4.69) is 53.2 Å². The fraction of sp³-hybridized carbons (Fsp3) is 0.458. The van der Waals surface area contributed by atoms with Crippen LogP contribution in [0, 0.1) is 6.92 Å². The molecular weight excluding hydrogens is 346 g/mol. The molecule has 1 saturated heterocycles. The Labute approximate surface area is 168 Å². The zero-order chi connectivity index (χ0) is 19.5. The molecule has 4 rings (SSSR count). The molecule has 1 fully saturated rings. The van der Waals surface area contributed by atoms with E-state index >= 15 is 0 Å². The van der Waals surface area contributed by atoms with Crippen LogP contribution < -0.4 is 10.2 Å². The molecule has 0 spiro atoms. The van der Waals surface area contributed by atoms with E-state index in [9.17, 15) is 4.79 Å². The number of piperazine rings is 1. The molecule has 1 heterocycles. The highest BCUT2D eigenvalue weighted by Gasteiger charge is 2.18. The average Bonchev–Trinajstić information content (AvgIpc) is 2.73. The summed E-state index contributed by atoms with van der Waals surface area (Å²) in [5.41, 5.74) is 6.88. The van der Waals surface area contributed by atoms with Crippen molar-refractivity contribution in [1.29, 1.82) is 0 Å². The highest BCUT2D eigenvalue weighted by atomic mass is 16.1. The SMILES string of the molecule is CCN1CCN(c2ccc(NC(=O)c3ccc4c(c3)CCCC4)cc2C)CC1. The summed E-state index contributed by atoms with van der Waals surface area (Å²) in [6, 6.07) is 12.5. The van der Waals surface area contributed by atoms with Crippen LogP contribution in [0.1, 0.15) is 46.8 Å². The first kappa shape index (κ1) is 19.0. The fourth-order valence-electron chi connectivity index (χ4n) is 4.47. The molecule has 28 heavy (non-hydrogen) atoms. The van der Waals surface area contributed by atoms with E-state index < -0.39 is 0 Å². The summed E-state index contributed by atoms with van der Waals surface area (Å²) >= 11 is 0. The van der Waals surface area contributed by atoms with Gasteiger partial charge >= 0.3 is 0 Å². The minimum atomic E-state index is -0.0166. The number of aryl methyl sites for hydroxylation is 3. The van der Waals surface area contributed by atoms with E-state index in [1.165, 1.54) is 35.2 Å². The second-order valence-corrected chi connectivity index (χ2v) is 8.07. The van der Waals surface area contributed by atoms with Crippen molar-refractivity contribution in [3.8, 4) is 0 Å². The van der Waals surface area contributed by atoms with Crippen molar-refractivity contribution < 1.29 is 4.79 Å². The van der Waals surface area contributed by atoms with Crippen molar-refractivity contribution in [3.63, 3.8) is 0 Å². The summed E-state index contributed by atoms with van der Waals surface area (Å²) in [6.07, 6.45) is 4.73. The first-order chi connectivity index (χ1) is 13.6. The molecular formula is C24H31N3O. The molecule has 1 aliphatic heterocycles. The van der Waals surface area contributed by atoms with Gasteiger partial charge in [-0.3, -0.25) is 4.79 Å². The van der Waals surface area contributed by atoms with Gasteiger partial charge in [0.15, 0.2) is 0 Å². The summed E-state index contributed by atoms with van der Waals surface area (Å²) in [4.78, 5) is 17.7. The van der Waals surface area contributed by atoms with Gasteiger partial charge in [0.05, 0.1) is 0 Å². The van der Waals surface area contributed by atoms with E-state index in [1.807, 2.05) is 12.1 Å². The molecule has 0 saturated carbocycles. The van der Waals surface area contributed by atoms with Crippen LogP contribution >= 0.6 is 0 Å². The molecule has 1 amide bonds. The van der Waals surface area contributed by atoms with E-state index in [-0.39, 0.29) is 5.91 Å². The number of carbonyl (C=O) groups excluding carboxylic acids is 1. The van der Waals surface area contributed by atoms with Crippen LogP contribution in [0.4, 0.5) is 11.4 Å². The zero-order valence-corrected chi connectivity index (χ0v) is 17.1. The summed E-state index contributed by atoms with van der Waals surface area (Å²) in [6.45, 7) is 9.85. The van der Waals surface area contributed by atoms with Gasteiger partial charge in [0.25, 0.3) is 5.91 Å². The highest BCUT2D eigenvalue weighted by Crippen LogP contribution is 2.26. The van der Waals surface area contributed by atoms with Crippen LogP contribution in [0.2, 0.25) is 0 Å². The Bertz CT molecular complexity index is 853. The number of amides is 1.